The molecule has 2 nitrogen and oxygen atoms in total. The number of hydrogen-bond donors (Lipinski definition) is 0. The monoisotopic (exact) mass is 848 g/mol. The molecule has 64 heavy (non-hydrogen) atoms. The van der Waals surface area contributed by atoms with E-state index in [0.717, 1.165) is 5.69 Å². The number of fused-ring (bicyclic) bond motifs is 10. The molecule has 0 saturated heterocycles. The molecule has 300 valence electrons. The van der Waals surface area contributed by atoms with Crippen LogP contribution < -0.4 is 20.7 Å². The predicted octanol–water partition coefficient (Wildman–Crippen LogP) is 13.3. The molecule has 0 radical (unpaired) electrons. The van der Waals surface area contributed by atoms with Crippen molar-refractivity contribution in [2.24, 2.45) is 0 Å². The van der Waals surface area contributed by atoms with Gasteiger partial charge in [0.25, 0.3) is 0 Å². The molecule has 13 aromatic rings. The van der Waals surface area contributed by atoms with Gasteiger partial charge in [0.1, 0.15) is 0 Å². The smallest absolute Gasteiger partial charge is 0.179 e. The van der Waals surface area contributed by atoms with Crippen LogP contribution in [0.1, 0.15) is 0 Å². The minimum atomic E-state index is -2.82. The number of benzene rings is 10. The maximum Gasteiger partial charge on any atom is 0.179 e. The number of rotatable bonds is 7. The summed E-state index contributed by atoms with van der Waals surface area (Å²) in [4.78, 5) is 0. The van der Waals surface area contributed by atoms with Crippen LogP contribution in [0.5, 0.6) is 0 Å². The Morgan fingerprint density at radius 3 is 1.44 bits per heavy atom. The van der Waals surface area contributed by atoms with Gasteiger partial charge >= 0.3 is 0 Å². The molecule has 0 aliphatic rings. The lowest BCUT2D eigenvalue weighted by molar-refractivity contribution is 1.18. The van der Waals surface area contributed by atoms with Crippen molar-refractivity contribution in [3.8, 4) is 22.5 Å². The molecule has 0 aliphatic carbocycles. The van der Waals surface area contributed by atoms with Crippen molar-refractivity contribution in [2.45, 2.75) is 0 Å². The van der Waals surface area contributed by atoms with Crippen molar-refractivity contribution in [3.63, 3.8) is 0 Å². The molecule has 3 heterocycles. The van der Waals surface area contributed by atoms with E-state index in [1.807, 2.05) is 11.3 Å². The summed E-state index contributed by atoms with van der Waals surface area (Å²) in [7, 11) is -2.82. The number of aromatic nitrogens is 2. The van der Waals surface area contributed by atoms with Gasteiger partial charge in [-0.05, 0) is 98.6 Å². The third-order valence-electron chi connectivity index (χ3n) is 13.5. The first kappa shape index (κ1) is 36.9. The van der Waals surface area contributed by atoms with Crippen LogP contribution in [0.4, 0.5) is 0 Å². The largest absolute Gasteiger partial charge is 0.309 e. The van der Waals surface area contributed by atoms with E-state index < -0.39 is 8.07 Å². The third kappa shape index (κ3) is 5.50. The topological polar surface area (TPSA) is 9.86 Å². The van der Waals surface area contributed by atoms with Crippen LogP contribution in [0.25, 0.3) is 86.3 Å². The Labute approximate surface area is 376 Å². The second-order valence-corrected chi connectivity index (χ2v) is 21.7. The molecule has 0 amide bonds. The fourth-order valence-corrected chi connectivity index (χ4v) is 16.5. The highest BCUT2D eigenvalue weighted by atomic mass is 32.1. The molecule has 4 heteroatoms. The van der Waals surface area contributed by atoms with Crippen molar-refractivity contribution in [3.05, 3.63) is 243 Å². The molecular weight excluding hydrogens is 809 g/mol. The summed E-state index contributed by atoms with van der Waals surface area (Å²) in [6.07, 6.45) is 0. The lowest BCUT2D eigenvalue weighted by Crippen LogP contribution is -2.74. The van der Waals surface area contributed by atoms with Crippen molar-refractivity contribution in [1.29, 1.82) is 0 Å². The maximum absolute atomic E-state index is 2.82. The van der Waals surface area contributed by atoms with Crippen LogP contribution in [-0.4, -0.2) is 17.2 Å². The molecule has 3 aromatic heterocycles. The van der Waals surface area contributed by atoms with Crippen LogP contribution in [0.15, 0.2) is 243 Å². The highest BCUT2D eigenvalue weighted by Crippen LogP contribution is 2.43. The fourth-order valence-electron chi connectivity index (χ4n) is 10.7. The van der Waals surface area contributed by atoms with Gasteiger partial charge in [0.15, 0.2) is 8.07 Å². The van der Waals surface area contributed by atoms with Crippen molar-refractivity contribution < 1.29 is 0 Å². The summed E-state index contributed by atoms with van der Waals surface area (Å²) in [5, 5.41) is 13.2. The van der Waals surface area contributed by atoms with E-state index in [4.69, 9.17) is 0 Å². The van der Waals surface area contributed by atoms with Gasteiger partial charge in [-0.1, -0.05) is 176 Å². The summed E-state index contributed by atoms with van der Waals surface area (Å²) >= 11 is 1.88. The number of hydrogen-bond acceptors (Lipinski definition) is 1. The Morgan fingerprint density at radius 2 is 0.750 bits per heavy atom. The normalized spacial score (nSPS) is 12.1. The molecule has 0 aliphatic heterocycles. The van der Waals surface area contributed by atoms with Gasteiger partial charge in [0.2, 0.25) is 0 Å². The summed E-state index contributed by atoms with van der Waals surface area (Å²) < 4.78 is 7.51. The van der Waals surface area contributed by atoms with Gasteiger partial charge in [-0.25, -0.2) is 0 Å². The zero-order chi connectivity index (χ0) is 42.2. The van der Waals surface area contributed by atoms with E-state index in [0.29, 0.717) is 0 Å². The van der Waals surface area contributed by atoms with E-state index in [9.17, 15) is 0 Å². The minimum absolute atomic E-state index is 1.16. The highest BCUT2D eigenvalue weighted by Gasteiger charge is 2.41. The van der Waals surface area contributed by atoms with Crippen LogP contribution >= 0.6 is 11.3 Å². The first-order chi connectivity index (χ1) is 31.8. The van der Waals surface area contributed by atoms with Gasteiger partial charge < -0.3 is 9.13 Å². The van der Waals surface area contributed by atoms with E-state index in [1.165, 1.54) is 101 Å². The molecule has 10 aromatic carbocycles. The van der Waals surface area contributed by atoms with Crippen molar-refractivity contribution >= 4 is 104 Å². The number of nitrogens with zero attached hydrogens (tertiary/aromatic N) is 2. The standard InChI is InChI=1S/C60H40N2SSi/c1-4-16-43(17-5-1)61-53-25-13-10-22-49(53)52-40-42(30-37-55(52)61)41-28-33-47(34-29-41)64(45-18-6-2-7-19-45,46-20-8-3-9-21-46)48-35-31-44(32-36-48)62-54-26-14-11-23-50(54)59-56(62)38-39-58-60(59)51-24-12-15-27-57(51)63-58/h1-40H. The highest BCUT2D eigenvalue weighted by molar-refractivity contribution is 7.26. The first-order valence-corrected chi connectivity index (χ1v) is 24.8. The zero-order valence-corrected chi connectivity index (χ0v) is 36.7. The van der Waals surface area contributed by atoms with E-state index >= 15 is 0 Å². The van der Waals surface area contributed by atoms with Gasteiger partial charge in [0.05, 0.1) is 22.1 Å². The minimum Gasteiger partial charge on any atom is -0.309 e. The predicted molar refractivity (Wildman–Crippen MR) is 277 cm³/mol. The molecule has 0 bridgehead atoms. The third-order valence-corrected chi connectivity index (χ3v) is 19.4. The SMILES string of the molecule is c1ccc(-n2c3ccccc3c3cc(-c4ccc([Si](c5ccccc5)(c5ccccc5)c5ccc(-n6c7ccccc7c7c8c(ccc76)sc6ccccc68)cc5)cc4)ccc32)cc1. The molecule has 0 spiro atoms. The first-order valence-electron chi connectivity index (χ1n) is 22.0. The maximum atomic E-state index is 2.47. The number of thiophene rings is 1. The van der Waals surface area contributed by atoms with Crippen LogP contribution in [-0.2, 0) is 0 Å². The Bertz CT molecular complexity index is 3830. The summed E-state index contributed by atoms with van der Waals surface area (Å²) in [6.45, 7) is 0. The Balaban J connectivity index is 0.973. The molecule has 0 N–H and O–H groups in total. The van der Waals surface area contributed by atoms with Crippen LogP contribution in [0.3, 0.4) is 0 Å². The van der Waals surface area contributed by atoms with E-state index in [-0.39, 0.29) is 0 Å². The Morgan fingerprint density at radius 1 is 0.281 bits per heavy atom. The Hall–Kier alpha value is -7.76. The second-order valence-electron chi connectivity index (χ2n) is 16.8. The molecule has 0 saturated carbocycles. The lowest BCUT2D eigenvalue weighted by Gasteiger charge is -2.34. The summed E-state index contributed by atoms with van der Waals surface area (Å²) in [5.74, 6) is 0. The molecule has 0 atom stereocenters. The van der Waals surface area contributed by atoms with E-state index in [1.54, 1.807) is 0 Å². The quantitative estimate of drug-likeness (QED) is 0.112. The zero-order valence-electron chi connectivity index (χ0n) is 34.9. The summed E-state index contributed by atoms with van der Waals surface area (Å²) in [5.41, 5.74) is 9.65. The number of para-hydroxylation sites is 3. The van der Waals surface area contributed by atoms with E-state index in [2.05, 4.69) is 252 Å². The fraction of sp³-hybridized carbons (Fsp3) is 0. The van der Waals surface area contributed by atoms with Crippen LogP contribution in [0, 0.1) is 0 Å². The van der Waals surface area contributed by atoms with Crippen LogP contribution in [0.2, 0.25) is 0 Å². The lowest BCUT2D eigenvalue weighted by atomic mass is 10.0. The second kappa shape index (κ2) is 14.7. The Kier molecular flexibility index (Phi) is 8.45. The van der Waals surface area contributed by atoms with Crippen molar-refractivity contribution in [2.75, 3.05) is 0 Å². The van der Waals surface area contributed by atoms with Gasteiger partial charge in [0, 0.05) is 53.1 Å². The molecule has 0 unspecified atom stereocenters. The molecule has 13 rings (SSSR count). The molecular formula is C60H40N2SSi. The van der Waals surface area contributed by atoms with Crippen molar-refractivity contribution in [1.82, 2.24) is 9.13 Å². The summed E-state index contributed by atoms with van der Waals surface area (Å²) in [6, 6.07) is 90.4. The average Bonchev–Trinajstić information content (AvgIpc) is 4.03. The van der Waals surface area contributed by atoms with Gasteiger partial charge in [-0.15, -0.1) is 11.3 Å². The molecule has 0 fully saturated rings. The van der Waals surface area contributed by atoms with Gasteiger partial charge in [-0.2, -0.15) is 0 Å². The van der Waals surface area contributed by atoms with Gasteiger partial charge in [-0.3, -0.25) is 0 Å². The average molecular weight is 849 g/mol.